The standard InChI is InChI=1S/C35H21NS/c1-36-21-14-12-19(13-15-21)29-18-28-26-17-16-25-22-10-4-6-20-7-5-11-27(30(20)22)31-23-8-2-3-9-24(23)34(35(28)37-29)33(26)32(25)31/h2-18,36H,1H3. The molecule has 0 saturated heterocycles. The van der Waals surface area contributed by atoms with Crippen molar-refractivity contribution in [1.29, 1.82) is 0 Å². The van der Waals surface area contributed by atoms with Gasteiger partial charge < -0.3 is 5.32 Å². The third-order valence-electron chi connectivity index (χ3n) is 8.34. The fourth-order valence-electron chi connectivity index (χ4n) is 6.77. The lowest BCUT2D eigenvalue weighted by Gasteiger charge is -2.18. The molecule has 0 spiro atoms. The van der Waals surface area contributed by atoms with Crippen molar-refractivity contribution >= 4 is 70.9 Å². The summed E-state index contributed by atoms with van der Waals surface area (Å²) in [5, 5.41) is 17.0. The van der Waals surface area contributed by atoms with E-state index in [1.807, 2.05) is 18.4 Å². The van der Waals surface area contributed by atoms with E-state index in [9.17, 15) is 0 Å². The molecule has 9 rings (SSSR count). The lowest BCUT2D eigenvalue weighted by Crippen LogP contribution is -1.90. The molecule has 1 aromatic heterocycles. The normalized spacial score (nSPS) is 12.5. The number of hydrogen-bond donors (Lipinski definition) is 1. The highest BCUT2D eigenvalue weighted by molar-refractivity contribution is 7.20. The minimum Gasteiger partial charge on any atom is -0.388 e. The van der Waals surface area contributed by atoms with Crippen molar-refractivity contribution in [2.45, 2.75) is 0 Å². The summed E-state index contributed by atoms with van der Waals surface area (Å²) in [5.41, 5.74) is 6.57. The molecule has 8 aromatic rings. The molecule has 0 aliphatic heterocycles. The number of rotatable bonds is 2. The zero-order valence-electron chi connectivity index (χ0n) is 20.2. The van der Waals surface area contributed by atoms with Crippen molar-refractivity contribution in [1.82, 2.24) is 0 Å². The highest BCUT2D eigenvalue weighted by Crippen LogP contribution is 2.58. The van der Waals surface area contributed by atoms with Gasteiger partial charge in [-0.2, -0.15) is 0 Å². The van der Waals surface area contributed by atoms with Crippen LogP contribution >= 0.6 is 11.3 Å². The molecule has 0 fully saturated rings. The first-order valence-electron chi connectivity index (χ1n) is 12.8. The third kappa shape index (κ3) is 2.39. The number of anilines is 1. The van der Waals surface area contributed by atoms with Crippen LogP contribution in [0.2, 0.25) is 0 Å². The smallest absolute Gasteiger partial charge is 0.0440 e. The maximum absolute atomic E-state index is 3.23. The molecular weight excluding hydrogens is 466 g/mol. The fourth-order valence-corrected chi connectivity index (χ4v) is 8.01. The van der Waals surface area contributed by atoms with Gasteiger partial charge in [-0.25, -0.2) is 0 Å². The zero-order valence-corrected chi connectivity index (χ0v) is 21.0. The van der Waals surface area contributed by atoms with Crippen LogP contribution in [0.4, 0.5) is 5.69 Å². The highest BCUT2D eigenvalue weighted by Gasteiger charge is 2.29. The van der Waals surface area contributed by atoms with E-state index < -0.39 is 0 Å². The first kappa shape index (κ1) is 19.7. The molecule has 172 valence electrons. The molecule has 1 aliphatic carbocycles. The van der Waals surface area contributed by atoms with Crippen LogP contribution in [0.15, 0.2) is 103 Å². The van der Waals surface area contributed by atoms with Crippen molar-refractivity contribution in [3.8, 4) is 32.0 Å². The maximum Gasteiger partial charge on any atom is 0.0440 e. The van der Waals surface area contributed by atoms with Gasteiger partial charge in [-0.05, 0) is 77.8 Å². The van der Waals surface area contributed by atoms with E-state index in [-0.39, 0.29) is 0 Å². The summed E-state index contributed by atoms with van der Waals surface area (Å²) in [6, 6.07) is 38.5. The Bertz CT molecular complexity index is 2210. The van der Waals surface area contributed by atoms with Crippen LogP contribution in [0.3, 0.4) is 0 Å². The highest BCUT2D eigenvalue weighted by atomic mass is 32.1. The molecule has 2 heteroatoms. The number of fused-ring (bicyclic) bond motifs is 8. The largest absolute Gasteiger partial charge is 0.388 e. The molecule has 37 heavy (non-hydrogen) atoms. The first-order valence-corrected chi connectivity index (χ1v) is 13.6. The van der Waals surface area contributed by atoms with Crippen LogP contribution in [0.25, 0.3) is 85.9 Å². The second kappa shape index (κ2) is 6.88. The molecule has 0 atom stereocenters. The summed E-state index contributed by atoms with van der Waals surface area (Å²) < 4.78 is 0. The minimum atomic E-state index is 1.14. The Balaban J connectivity index is 1.47. The Hall–Kier alpha value is -4.40. The zero-order chi connectivity index (χ0) is 24.2. The van der Waals surface area contributed by atoms with Crippen molar-refractivity contribution < 1.29 is 0 Å². The van der Waals surface area contributed by atoms with E-state index in [1.165, 1.54) is 85.9 Å². The molecule has 0 saturated carbocycles. The van der Waals surface area contributed by atoms with Crippen LogP contribution in [0, 0.1) is 0 Å². The SMILES string of the molecule is CNc1ccc(-c2cc3c(s2)-c2c4ccccc4c4c5cccc6cccc(c7ccc-3c2c74)c65)cc1. The predicted octanol–water partition coefficient (Wildman–Crippen LogP) is 10.3. The van der Waals surface area contributed by atoms with E-state index in [2.05, 4.69) is 108 Å². The van der Waals surface area contributed by atoms with Gasteiger partial charge in [0.25, 0.3) is 0 Å². The quantitative estimate of drug-likeness (QED) is 0.189. The second-order valence-electron chi connectivity index (χ2n) is 10.1. The maximum atomic E-state index is 3.23. The summed E-state index contributed by atoms with van der Waals surface area (Å²) in [4.78, 5) is 2.73. The fraction of sp³-hybridized carbons (Fsp3) is 0.0286. The van der Waals surface area contributed by atoms with Gasteiger partial charge in [0.1, 0.15) is 0 Å². The Morgan fingerprint density at radius 3 is 2.05 bits per heavy atom. The molecular formula is C35H21NS. The van der Waals surface area contributed by atoms with Gasteiger partial charge in [0.2, 0.25) is 0 Å². The lowest BCUT2D eigenvalue weighted by molar-refractivity contribution is 1.51. The Morgan fingerprint density at radius 1 is 0.541 bits per heavy atom. The molecule has 1 aliphatic rings. The summed E-state index contributed by atoms with van der Waals surface area (Å²) in [6.07, 6.45) is 0. The molecule has 0 radical (unpaired) electrons. The summed E-state index contributed by atoms with van der Waals surface area (Å²) >= 11 is 1.93. The molecule has 1 N–H and O–H groups in total. The summed E-state index contributed by atoms with van der Waals surface area (Å²) in [5.74, 6) is 0. The molecule has 0 unspecified atom stereocenters. The average molecular weight is 488 g/mol. The number of hydrogen-bond acceptors (Lipinski definition) is 2. The summed E-state index contributed by atoms with van der Waals surface area (Å²) in [7, 11) is 1.97. The van der Waals surface area contributed by atoms with Gasteiger partial charge in [0.15, 0.2) is 0 Å². The Labute approximate surface area is 217 Å². The van der Waals surface area contributed by atoms with Crippen LogP contribution in [-0.4, -0.2) is 7.05 Å². The molecule has 7 aromatic carbocycles. The topological polar surface area (TPSA) is 12.0 Å². The van der Waals surface area contributed by atoms with Crippen molar-refractivity contribution in [2.24, 2.45) is 0 Å². The number of nitrogens with one attached hydrogen (secondary N) is 1. The number of benzene rings is 7. The van der Waals surface area contributed by atoms with Gasteiger partial charge in [-0.1, -0.05) is 84.9 Å². The van der Waals surface area contributed by atoms with Crippen molar-refractivity contribution in [3.63, 3.8) is 0 Å². The van der Waals surface area contributed by atoms with Crippen LogP contribution in [-0.2, 0) is 0 Å². The first-order chi connectivity index (χ1) is 18.3. The minimum absolute atomic E-state index is 1.14. The van der Waals surface area contributed by atoms with E-state index >= 15 is 0 Å². The monoisotopic (exact) mass is 487 g/mol. The van der Waals surface area contributed by atoms with Gasteiger partial charge in [0.05, 0.1) is 0 Å². The number of thiophene rings is 1. The van der Waals surface area contributed by atoms with E-state index in [4.69, 9.17) is 0 Å². The van der Waals surface area contributed by atoms with Crippen molar-refractivity contribution in [3.05, 3.63) is 103 Å². The second-order valence-corrected chi connectivity index (χ2v) is 11.1. The van der Waals surface area contributed by atoms with Crippen molar-refractivity contribution in [2.75, 3.05) is 12.4 Å². The lowest BCUT2D eigenvalue weighted by atomic mass is 9.85. The van der Waals surface area contributed by atoms with Crippen LogP contribution in [0.1, 0.15) is 0 Å². The van der Waals surface area contributed by atoms with E-state index in [0.717, 1.165) is 5.69 Å². The van der Waals surface area contributed by atoms with Crippen LogP contribution in [0.5, 0.6) is 0 Å². The van der Waals surface area contributed by atoms with Crippen LogP contribution < -0.4 is 5.32 Å². The Morgan fingerprint density at radius 2 is 1.24 bits per heavy atom. The average Bonchev–Trinajstić information content (AvgIpc) is 3.52. The summed E-state index contributed by atoms with van der Waals surface area (Å²) in [6.45, 7) is 0. The molecule has 0 bridgehead atoms. The van der Waals surface area contributed by atoms with E-state index in [1.54, 1.807) is 0 Å². The molecule has 1 heterocycles. The predicted molar refractivity (Wildman–Crippen MR) is 162 cm³/mol. The third-order valence-corrected chi connectivity index (χ3v) is 9.54. The Kier molecular flexibility index (Phi) is 3.67. The molecule has 0 amide bonds. The van der Waals surface area contributed by atoms with Gasteiger partial charge in [0, 0.05) is 39.0 Å². The van der Waals surface area contributed by atoms with Gasteiger partial charge in [-0.3, -0.25) is 0 Å². The van der Waals surface area contributed by atoms with Gasteiger partial charge >= 0.3 is 0 Å². The van der Waals surface area contributed by atoms with E-state index in [0.29, 0.717) is 0 Å². The molecule has 1 nitrogen and oxygen atoms in total. The van der Waals surface area contributed by atoms with Gasteiger partial charge in [-0.15, -0.1) is 11.3 Å².